The van der Waals surface area contributed by atoms with Gasteiger partial charge in [-0.15, -0.1) is 0 Å². The Morgan fingerprint density at radius 2 is 1.94 bits per heavy atom. The molecule has 2 N–H and O–H groups in total. The molecule has 0 spiro atoms. The Morgan fingerprint density at radius 1 is 1.33 bits per heavy atom. The van der Waals surface area contributed by atoms with Gasteiger partial charge in [-0.2, -0.15) is 0 Å². The molecule has 0 atom stereocenters. The Morgan fingerprint density at radius 3 is 2.44 bits per heavy atom. The van der Waals surface area contributed by atoms with Gasteiger partial charge in [-0.1, -0.05) is 13.3 Å². The van der Waals surface area contributed by atoms with Crippen molar-refractivity contribution in [2.45, 2.75) is 50.7 Å². The van der Waals surface area contributed by atoms with E-state index in [0.717, 1.165) is 38.8 Å². The summed E-state index contributed by atoms with van der Waals surface area (Å²) in [5.74, 6) is -0.280. The zero-order chi connectivity index (χ0) is 13.2. The van der Waals surface area contributed by atoms with Gasteiger partial charge in [0.2, 0.25) is 15.9 Å². The summed E-state index contributed by atoms with van der Waals surface area (Å²) in [4.78, 5) is 12.3. The van der Waals surface area contributed by atoms with Gasteiger partial charge >= 0.3 is 0 Å². The summed E-state index contributed by atoms with van der Waals surface area (Å²) in [5.41, 5.74) is -0.484. The maximum Gasteiger partial charge on any atom is 0.239 e. The van der Waals surface area contributed by atoms with Crippen molar-refractivity contribution in [1.29, 1.82) is 0 Å². The molecular weight excluding hydrogens is 252 g/mol. The van der Waals surface area contributed by atoms with Gasteiger partial charge < -0.3 is 5.32 Å². The van der Waals surface area contributed by atoms with Gasteiger partial charge in [-0.3, -0.25) is 9.52 Å². The van der Waals surface area contributed by atoms with E-state index in [1.807, 2.05) is 6.92 Å². The van der Waals surface area contributed by atoms with Gasteiger partial charge in [-0.25, -0.2) is 8.42 Å². The maximum atomic E-state index is 12.3. The second-order valence-corrected chi connectivity index (χ2v) is 7.42. The minimum absolute atomic E-state index is 0.280. The summed E-state index contributed by atoms with van der Waals surface area (Å²) >= 11 is 0. The van der Waals surface area contributed by atoms with E-state index in [4.69, 9.17) is 0 Å². The molecule has 1 aliphatic heterocycles. The van der Waals surface area contributed by atoms with Crippen LogP contribution < -0.4 is 10.0 Å². The monoisotopic (exact) mass is 274 g/mol. The number of sulfonamides is 1. The summed E-state index contributed by atoms with van der Waals surface area (Å²) in [5, 5.41) is 2.89. The van der Waals surface area contributed by atoms with Crippen LogP contribution in [0, 0.1) is 5.41 Å². The van der Waals surface area contributed by atoms with E-state index in [9.17, 15) is 13.2 Å². The molecule has 0 aromatic carbocycles. The molecule has 1 heterocycles. The SMILES string of the molecule is CCCC1(C(=O)NS(=O)(=O)C2CC2)CCNCC1. The third kappa shape index (κ3) is 2.85. The Hall–Kier alpha value is -0.620. The molecule has 2 aliphatic rings. The van der Waals surface area contributed by atoms with Crippen LogP contribution in [0.1, 0.15) is 45.4 Å². The molecule has 6 heteroatoms. The summed E-state index contributed by atoms with van der Waals surface area (Å²) in [6, 6.07) is 0. The van der Waals surface area contributed by atoms with E-state index in [0.29, 0.717) is 12.8 Å². The third-order valence-electron chi connectivity index (χ3n) is 3.97. The van der Waals surface area contributed by atoms with E-state index in [2.05, 4.69) is 10.0 Å². The van der Waals surface area contributed by atoms with Crippen LogP contribution in [-0.2, 0) is 14.8 Å². The average Bonchev–Trinajstić information content (AvgIpc) is 3.14. The lowest BCUT2D eigenvalue weighted by Gasteiger charge is -2.35. The minimum Gasteiger partial charge on any atom is -0.317 e. The summed E-state index contributed by atoms with van der Waals surface area (Å²) in [6.45, 7) is 3.61. The molecule has 18 heavy (non-hydrogen) atoms. The summed E-state index contributed by atoms with van der Waals surface area (Å²) in [7, 11) is -3.41. The lowest BCUT2D eigenvalue weighted by Crippen LogP contribution is -2.49. The standard InChI is InChI=1S/C12H22N2O3S/c1-2-5-12(6-8-13-9-7-12)11(15)14-18(16,17)10-3-4-10/h10,13H,2-9H2,1H3,(H,14,15). The van der Waals surface area contributed by atoms with Crippen LogP contribution in [0.3, 0.4) is 0 Å². The van der Waals surface area contributed by atoms with Crippen LogP contribution in [0.15, 0.2) is 0 Å². The van der Waals surface area contributed by atoms with Crippen LogP contribution >= 0.6 is 0 Å². The molecule has 0 aromatic rings. The lowest BCUT2D eigenvalue weighted by atomic mass is 9.75. The fraction of sp³-hybridized carbons (Fsp3) is 0.917. The van der Waals surface area contributed by atoms with Crippen molar-refractivity contribution in [2.24, 2.45) is 5.41 Å². The van der Waals surface area contributed by atoms with Gasteiger partial charge in [0.05, 0.1) is 10.7 Å². The number of carbonyl (C=O) groups is 1. The van der Waals surface area contributed by atoms with Crippen LogP contribution in [0.2, 0.25) is 0 Å². The van der Waals surface area contributed by atoms with Gasteiger partial charge in [0.25, 0.3) is 0 Å². The number of carbonyl (C=O) groups excluding carboxylic acids is 1. The molecule has 1 saturated carbocycles. The van der Waals surface area contributed by atoms with Gasteiger partial charge in [0.15, 0.2) is 0 Å². The normalized spacial score (nSPS) is 23.6. The predicted molar refractivity (Wildman–Crippen MR) is 69.5 cm³/mol. The second-order valence-electron chi connectivity index (χ2n) is 5.46. The molecule has 1 saturated heterocycles. The van der Waals surface area contributed by atoms with Gasteiger partial charge in [0.1, 0.15) is 0 Å². The molecule has 2 fully saturated rings. The third-order valence-corrected chi connectivity index (χ3v) is 5.79. The number of hydrogen-bond acceptors (Lipinski definition) is 4. The maximum absolute atomic E-state index is 12.3. The molecule has 0 radical (unpaired) electrons. The number of amides is 1. The Balaban J connectivity index is 2.08. The van der Waals surface area contributed by atoms with Crippen LogP contribution in [0.5, 0.6) is 0 Å². The van der Waals surface area contributed by atoms with E-state index in [-0.39, 0.29) is 11.2 Å². The Bertz CT molecular complexity index is 404. The highest BCUT2D eigenvalue weighted by atomic mass is 32.2. The highest BCUT2D eigenvalue weighted by molar-refractivity contribution is 7.90. The lowest BCUT2D eigenvalue weighted by molar-refractivity contribution is -0.131. The minimum atomic E-state index is -3.41. The molecule has 1 aliphatic carbocycles. The quantitative estimate of drug-likeness (QED) is 0.776. The first-order valence-corrected chi connectivity index (χ1v) is 8.31. The smallest absolute Gasteiger partial charge is 0.239 e. The number of nitrogens with one attached hydrogen (secondary N) is 2. The van der Waals surface area contributed by atoms with Crippen molar-refractivity contribution in [1.82, 2.24) is 10.0 Å². The topological polar surface area (TPSA) is 75.3 Å². The molecule has 0 aromatic heterocycles. The van der Waals surface area contributed by atoms with E-state index in [1.165, 1.54) is 0 Å². The average molecular weight is 274 g/mol. The molecule has 104 valence electrons. The zero-order valence-corrected chi connectivity index (χ0v) is 11.7. The molecule has 0 unspecified atom stereocenters. The number of rotatable bonds is 5. The first-order chi connectivity index (χ1) is 8.50. The summed E-state index contributed by atoms with van der Waals surface area (Å²) < 4.78 is 26.0. The highest BCUT2D eigenvalue weighted by Gasteiger charge is 2.43. The Labute approximate surface area is 109 Å². The van der Waals surface area contributed by atoms with Crippen molar-refractivity contribution in [3.8, 4) is 0 Å². The fourth-order valence-electron chi connectivity index (χ4n) is 2.67. The first kappa shape index (κ1) is 13.8. The van der Waals surface area contributed by atoms with Gasteiger partial charge in [-0.05, 0) is 45.2 Å². The highest BCUT2D eigenvalue weighted by Crippen LogP contribution is 2.35. The first-order valence-electron chi connectivity index (χ1n) is 6.77. The predicted octanol–water partition coefficient (Wildman–Crippen LogP) is 0.765. The van der Waals surface area contributed by atoms with Crippen molar-refractivity contribution in [2.75, 3.05) is 13.1 Å². The molecule has 1 amide bonds. The van der Waals surface area contributed by atoms with Crippen molar-refractivity contribution < 1.29 is 13.2 Å². The Kier molecular flexibility index (Phi) is 3.96. The number of hydrogen-bond donors (Lipinski definition) is 2. The zero-order valence-electron chi connectivity index (χ0n) is 10.9. The molecule has 0 bridgehead atoms. The van der Waals surface area contributed by atoms with Crippen molar-refractivity contribution >= 4 is 15.9 Å². The fourth-order valence-corrected chi connectivity index (χ4v) is 4.07. The molecule has 5 nitrogen and oxygen atoms in total. The summed E-state index contributed by atoms with van der Waals surface area (Å²) in [6.07, 6.45) is 4.49. The van der Waals surface area contributed by atoms with Crippen molar-refractivity contribution in [3.63, 3.8) is 0 Å². The van der Waals surface area contributed by atoms with Crippen LogP contribution in [0.4, 0.5) is 0 Å². The van der Waals surface area contributed by atoms with Gasteiger partial charge in [0, 0.05) is 0 Å². The van der Waals surface area contributed by atoms with Crippen LogP contribution in [0.25, 0.3) is 0 Å². The van der Waals surface area contributed by atoms with Crippen LogP contribution in [-0.4, -0.2) is 32.7 Å². The van der Waals surface area contributed by atoms with Crippen molar-refractivity contribution in [3.05, 3.63) is 0 Å². The second kappa shape index (κ2) is 5.17. The largest absolute Gasteiger partial charge is 0.317 e. The molecule has 2 rings (SSSR count). The molecular formula is C12H22N2O3S. The number of piperidine rings is 1. The van der Waals surface area contributed by atoms with E-state index >= 15 is 0 Å². The van der Waals surface area contributed by atoms with E-state index in [1.54, 1.807) is 0 Å². The van der Waals surface area contributed by atoms with E-state index < -0.39 is 15.4 Å².